The zero-order chi connectivity index (χ0) is 23.2. The summed E-state index contributed by atoms with van der Waals surface area (Å²) in [5, 5.41) is 11.0. The van der Waals surface area contributed by atoms with Crippen molar-refractivity contribution in [2.45, 2.75) is 19.4 Å². The van der Waals surface area contributed by atoms with Gasteiger partial charge in [0.25, 0.3) is 5.91 Å². The van der Waals surface area contributed by atoms with Gasteiger partial charge in [0.15, 0.2) is 16.9 Å². The first-order chi connectivity index (χ1) is 15.3. The molecule has 7 nitrogen and oxygen atoms in total. The zero-order valence-electron chi connectivity index (χ0n) is 17.7. The third kappa shape index (κ3) is 3.66. The van der Waals surface area contributed by atoms with Gasteiger partial charge in [-0.1, -0.05) is 11.6 Å². The largest absolute Gasteiger partial charge is 0.503 e. The summed E-state index contributed by atoms with van der Waals surface area (Å²) >= 11 is 9.59. The number of aromatic hydroxyl groups is 1. The van der Waals surface area contributed by atoms with Gasteiger partial charge in [-0.2, -0.15) is 0 Å². The van der Waals surface area contributed by atoms with Crippen LogP contribution in [-0.4, -0.2) is 43.3 Å². The van der Waals surface area contributed by atoms with Gasteiger partial charge in [-0.25, -0.2) is 0 Å². The Morgan fingerprint density at radius 2 is 1.97 bits per heavy atom. The van der Waals surface area contributed by atoms with Crippen LogP contribution in [-0.2, 0) is 4.74 Å². The van der Waals surface area contributed by atoms with E-state index in [2.05, 4.69) is 15.9 Å². The average Bonchev–Trinajstić information content (AvgIpc) is 3.04. The van der Waals surface area contributed by atoms with E-state index in [1.165, 1.54) is 7.11 Å². The van der Waals surface area contributed by atoms with E-state index in [-0.39, 0.29) is 34.2 Å². The van der Waals surface area contributed by atoms with Crippen molar-refractivity contribution in [3.8, 4) is 11.5 Å². The molecule has 168 valence electrons. The molecule has 32 heavy (non-hydrogen) atoms. The molecule has 3 aromatic rings. The molecule has 1 aliphatic rings. The van der Waals surface area contributed by atoms with Crippen LogP contribution in [0.5, 0.6) is 11.5 Å². The molecule has 0 fully saturated rings. The minimum atomic E-state index is -0.721. The zero-order valence-corrected chi connectivity index (χ0v) is 20.0. The van der Waals surface area contributed by atoms with E-state index >= 15 is 0 Å². The summed E-state index contributed by atoms with van der Waals surface area (Å²) in [5.74, 6) is -0.221. The van der Waals surface area contributed by atoms with Gasteiger partial charge in [-0.3, -0.25) is 9.59 Å². The van der Waals surface area contributed by atoms with Crippen molar-refractivity contribution >= 4 is 44.4 Å². The quantitative estimate of drug-likeness (QED) is 0.467. The van der Waals surface area contributed by atoms with Gasteiger partial charge in [0.2, 0.25) is 5.76 Å². The Balaban J connectivity index is 1.98. The van der Waals surface area contributed by atoms with Crippen molar-refractivity contribution in [1.29, 1.82) is 0 Å². The van der Waals surface area contributed by atoms with Crippen molar-refractivity contribution in [2.75, 3.05) is 27.4 Å². The normalized spacial score (nSPS) is 15.5. The van der Waals surface area contributed by atoms with E-state index in [4.69, 9.17) is 25.5 Å². The van der Waals surface area contributed by atoms with Crippen LogP contribution in [0.25, 0.3) is 11.0 Å². The number of hydrogen-bond donors (Lipinski definition) is 1. The number of ether oxygens (including phenoxy) is 2. The summed E-state index contributed by atoms with van der Waals surface area (Å²) in [6.07, 6.45) is 0.571. The summed E-state index contributed by atoms with van der Waals surface area (Å²) in [7, 11) is 3.02. The van der Waals surface area contributed by atoms with Crippen LogP contribution in [0, 0.1) is 6.92 Å². The van der Waals surface area contributed by atoms with E-state index in [1.807, 2.05) is 0 Å². The van der Waals surface area contributed by atoms with Crippen LogP contribution >= 0.6 is 27.5 Å². The first-order valence-corrected chi connectivity index (χ1v) is 11.1. The molecule has 0 aliphatic carbocycles. The van der Waals surface area contributed by atoms with Crippen LogP contribution in [0.1, 0.15) is 39.7 Å². The van der Waals surface area contributed by atoms with Crippen LogP contribution in [0.4, 0.5) is 0 Å². The monoisotopic (exact) mass is 521 g/mol. The van der Waals surface area contributed by atoms with Gasteiger partial charge < -0.3 is 23.9 Å². The van der Waals surface area contributed by atoms with Gasteiger partial charge in [-0.05, 0) is 64.7 Å². The van der Waals surface area contributed by atoms with E-state index in [0.717, 1.165) is 5.56 Å². The molecule has 0 unspecified atom stereocenters. The molecule has 4 rings (SSSR count). The lowest BCUT2D eigenvalue weighted by atomic mass is 9.97. The fourth-order valence-electron chi connectivity index (χ4n) is 4.00. The Kier molecular flexibility index (Phi) is 6.20. The smallest absolute Gasteiger partial charge is 0.290 e. The highest BCUT2D eigenvalue weighted by Crippen LogP contribution is 2.43. The maximum atomic E-state index is 13.6. The summed E-state index contributed by atoms with van der Waals surface area (Å²) < 4.78 is 16.8. The van der Waals surface area contributed by atoms with E-state index in [0.29, 0.717) is 45.6 Å². The Hall–Kier alpha value is -2.55. The first kappa shape index (κ1) is 22.6. The van der Waals surface area contributed by atoms with Crippen molar-refractivity contribution in [3.63, 3.8) is 0 Å². The number of amides is 1. The molecule has 2 aromatic carbocycles. The Labute approximate surface area is 197 Å². The molecule has 0 spiro atoms. The van der Waals surface area contributed by atoms with Gasteiger partial charge in [-0.15, -0.1) is 0 Å². The van der Waals surface area contributed by atoms with E-state index in [9.17, 15) is 14.7 Å². The third-order valence-corrected chi connectivity index (χ3v) is 6.59. The van der Waals surface area contributed by atoms with Crippen molar-refractivity contribution in [3.05, 3.63) is 66.4 Å². The second-order valence-electron chi connectivity index (χ2n) is 7.57. The lowest BCUT2D eigenvalue weighted by molar-refractivity contribution is 0.0707. The second-order valence-corrected chi connectivity index (χ2v) is 8.83. The molecule has 1 aromatic heterocycles. The molecule has 2 heterocycles. The maximum Gasteiger partial charge on any atom is 0.290 e. The maximum absolute atomic E-state index is 13.6. The van der Waals surface area contributed by atoms with Crippen LogP contribution in [0.2, 0.25) is 5.02 Å². The summed E-state index contributed by atoms with van der Waals surface area (Å²) in [5.41, 5.74) is 1.57. The Morgan fingerprint density at radius 3 is 2.66 bits per heavy atom. The number of fused-ring (bicyclic) bond motifs is 2. The second kappa shape index (κ2) is 8.77. The molecular formula is C23H21BrClNO6. The lowest BCUT2D eigenvalue weighted by Gasteiger charge is -2.25. The molecule has 1 atom stereocenters. The predicted molar refractivity (Wildman–Crippen MR) is 124 cm³/mol. The number of aryl methyl sites for hydroxylation is 1. The summed E-state index contributed by atoms with van der Waals surface area (Å²) in [6.45, 7) is 2.60. The fourth-order valence-corrected chi connectivity index (χ4v) is 4.63. The number of rotatable bonds is 6. The highest BCUT2D eigenvalue weighted by atomic mass is 79.9. The minimum absolute atomic E-state index is 0.00908. The topological polar surface area (TPSA) is 89.2 Å². The van der Waals surface area contributed by atoms with Crippen molar-refractivity contribution in [2.24, 2.45) is 0 Å². The number of nitrogens with zero attached hydrogens (tertiary/aromatic N) is 1. The molecule has 1 amide bonds. The summed E-state index contributed by atoms with van der Waals surface area (Å²) in [6, 6.07) is 5.79. The predicted octanol–water partition coefficient (Wildman–Crippen LogP) is 4.81. The number of halogens is 2. The molecule has 0 saturated carbocycles. The molecule has 0 radical (unpaired) electrons. The molecule has 1 aliphatic heterocycles. The minimum Gasteiger partial charge on any atom is -0.503 e. The van der Waals surface area contributed by atoms with Gasteiger partial charge >= 0.3 is 0 Å². The number of carbonyl (C=O) groups excluding carboxylic acids is 1. The summed E-state index contributed by atoms with van der Waals surface area (Å²) in [4.78, 5) is 28.5. The number of carbonyl (C=O) groups is 1. The lowest BCUT2D eigenvalue weighted by Crippen LogP contribution is -2.31. The highest BCUT2D eigenvalue weighted by molar-refractivity contribution is 9.10. The Morgan fingerprint density at radius 1 is 1.22 bits per heavy atom. The van der Waals surface area contributed by atoms with Gasteiger partial charge in [0, 0.05) is 25.3 Å². The van der Waals surface area contributed by atoms with E-state index < -0.39 is 6.04 Å². The number of benzene rings is 2. The highest BCUT2D eigenvalue weighted by Gasteiger charge is 2.43. The molecule has 9 heteroatoms. The number of phenols is 1. The van der Waals surface area contributed by atoms with Crippen LogP contribution < -0.4 is 10.2 Å². The number of methoxy groups -OCH3 is 2. The van der Waals surface area contributed by atoms with Crippen LogP contribution in [0.15, 0.2) is 37.9 Å². The third-order valence-electron chi connectivity index (χ3n) is 5.58. The first-order valence-electron chi connectivity index (χ1n) is 9.91. The SMILES string of the molecule is COCCCN1C(=O)c2oc3cc(C)c(Cl)cc3c(=O)c2[C@@H]1c1cc(Br)c(O)c(OC)c1. The Bertz CT molecular complexity index is 1290. The molecular weight excluding hydrogens is 502 g/mol. The van der Waals surface area contributed by atoms with Crippen molar-refractivity contribution < 1.29 is 23.8 Å². The fraction of sp³-hybridized carbons (Fsp3) is 0.304. The average molecular weight is 523 g/mol. The van der Waals surface area contributed by atoms with Gasteiger partial charge in [0.05, 0.1) is 28.6 Å². The molecule has 0 saturated heterocycles. The molecule has 0 bridgehead atoms. The number of phenolic OH excluding ortho intramolecular Hbond substituents is 1. The molecule has 1 N–H and O–H groups in total. The van der Waals surface area contributed by atoms with Crippen molar-refractivity contribution in [1.82, 2.24) is 4.90 Å². The van der Waals surface area contributed by atoms with E-state index in [1.54, 1.807) is 43.2 Å². The standard InChI is InChI=1S/C23H21BrClNO6/c1-11-7-16-13(10-15(11)25)20(27)18-19(12-8-14(24)21(28)17(9-12)31-3)26(5-4-6-30-2)23(29)22(18)32-16/h7-10,19,28H,4-6H2,1-3H3/t19-/m0/s1. The number of hydrogen-bond acceptors (Lipinski definition) is 6. The van der Waals surface area contributed by atoms with Gasteiger partial charge in [0.1, 0.15) is 5.58 Å². The van der Waals surface area contributed by atoms with Crippen LogP contribution in [0.3, 0.4) is 0 Å².